The molecule has 0 spiro atoms. The zero-order chi connectivity index (χ0) is 19.6. The molecule has 0 atom stereocenters. The smallest absolute Gasteiger partial charge is 0.338 e. The van der Waals surface area contributed by atoms with Gasteiger partial charge in [-0.3, -0.25) is 0 Å². The molecular weight excluding hydrogens is 420 g/mol. The Kier molecular flexibility index (Phi) is 7.50. The first-order valence-electron chi connectivity index (χ1n) is 9.03. The normalized spacial score (nSPS) is 10.3. The molecule has 0 fully saturated rings. The Morgan fingerprint density at radius 3 is 2.18 bits per heavy atom. The minimum absolute atomic E-state index is 0.343. The van der Waals surface area contributed by atoms with Crippen LogP contribution in [0.2, 0.25) is 0 Å². The highest BCUT2D eigenvalue weighted by Gasteiger charge is 2.11. The van der Waals surface area contributed by atoms with Gasteiger partial charge in [0, 0.05) is 6.42 Å². The fourth-order valence-corrected chi connectivity index (χ4v) is 3.06. The molecule has 0 radical (unpaired) electrons. The maximum Gasteiger partial charge on any atom is 0.338 e. The third-order valence-electron chi connectivity index (χ3n) is 3.99. The second kappa shape index (κ2) is 10.5. The first-order valence-corrected chi connectivity index (χ1v) is 9.83. The van der Waals surface area contributed by atoms with Crippen LogP contribution in [0.15, 0.2) is 83.3 Å². The lowest BCUT2D eigenvalue weighted by Gasteiger charge is -2.11. The van der Waals surface area contributed by atoms with E-state index in [1.165, 1.54) is 0 Å². The zero-order valence-corrected chi connectivity index (χ0v) is 16.9. The molecule has 3 rings (SSSR count). The third kappa shape index (κ3) is 6.13. The monoisotopic (exact) mass is 440 g/mol. The lowest BCUT2D eigenvalue weighted by atomic mass is 10.2. The van der Waals surface area contributed by atoms with Gasteiger partial charge in [-0.1, -0.05) is 48.5 Å². The molecule has 0 unspecified atom stereocenters. The van der Waals surface area contributed by atoms with Crippen LogP contribution in [0, 0.1) is 0 Å². The summed E-state index contributed by atoms with van der Waals surface area (Å²) >= 11 is 3.44. The summed E-state index contributed by atoms with van der Waals surface area (Å²) in [6, 6.07) is 24.7. The SMILES string of the molecule is O=C(OCCc1ccccc1)c1ccc(OCCOc2ccccc2)c(Br)c1. The van der Waals surface area contributed by atoms with Crippen molar-refractivity contribution in [3.8, 4) is 11.5 Å². The van der Waals surface area contributed by atoms with Crippen molar-refractivity contribution in [3.05, 3.63) is 94.5 Å². The number of rotatable bonds is 9. The number of carbonyl (C=O) groups excluding carboxylic acids is 1. The van der Waals surface area contributed by atoms with Crippen LogP contribution < -0.4 is 9.47 Å². The van der Waals surface area contributed by atoms with Crippen LogP contribution in [-0.2, 0) is 11.2 Å². The van der Waals surface area contributed by atoms with E-state index in [-0.39, 0.29) is 5.97 Å². The molecule has 0 aromatic heterocycles. The first kappa shape index (κ1) is 20.0. The highest BCUT2D eigenvalue weighted by Crippen LogP contribution is 2.26. The Morgan fingerprint density at radius 1 is 0.786 bits per heavy atom. The van der Waals surface area contributed by atoms with E-state index < -0.39 is 0 Å². The van der Waals surface area contributed by atoms with E-state index in [4.69, 9.17) is 14.2 Å². The zero-order valence-electron chi connectivity index (χ0n) is 15.3. The number of benzene rings is 3. The van der Waals surface area contributed by atoms with E-state index in [0.29, 0.717) is 42.0 Å². The van der Waals surface area contributed by atoms with E-state index >= 15 is 0 Å². The van der Waals surface area contributed by atoms with Gasteiger partial charge >= 0.3 is 5.97 Å². The first-order chi connectivity index (χ1) is 13.7. The molecule has 0 heterocycles. The number of para-hydroxylation sites is 1. The quantitative estimate of drug-likeness (QED) is 0.334. The molecule has 0 saturated heterocycles. The van der Waals surface area contributed by atoms with Crippen molar-refractivity contribution in [1.82, 2.24) is 0 Å². The Labute approximate surface area is 173 Å². The molecule has 144 valence electrons. The summed E-state index contributed by atoms with van der Waals surface area (Å²) in [6.45, 7) is 1.17. The molecule has 0 amide bonds. The summed E-state index contributed by atoms with van der Waals surface area (Å²) in [5.41, 5.74) is 1.62. The van der Waals surface area contributed by atoms with Crippen LogP contribution in [0.5, 0.6) is 11.5 Å². The molecular formula is C23H21BrO4. The molecule has 3 aromatic carbocycles. The number of halogens is 1. The summed E-state index contributed by atoms with van der Waals surface area (Å²) in [7, 11) is 0. The highest BCUT2D eigenvalue weighted by molar-refractivity contribution is 9.10. The van der Waals surface area contributed by atoms with Crippen LogP contribution in [-0.4, -0.2) is 25.8 Å². The van der Waals surface area contributed by atoms with Gasteiger partial charge in [-0.15, -0.1) is 0 Å². The minimum atomic E-state index is -0.351. The summed E-state index contributed by atoms with van der Waals surface area (Å²) in [6.07, 6.45) is 0.691. The fraction of sp³-hybridized carbons (Fsp3) is 0.174. The fourth-order valence-electron chi connectivity index (χ4n) is 2.56. The average Bonchev–Trinajstić information content (AvgIpc) is 2.73. The molecule has 3 aromatic rings. The largest absolute Gasteiger partial charge is 0.490 e. The Morgan fingerprint density at radius 2 is 1.46 bits per heavy atom. The van der Waals surface area contributed by atoms with Crippen molar-refractivity contribution < 1.29 is 19.0 Å². The highest BCUT2D eigenvalue weighted by atomic mass is 79.9. The van der Waals surface area contributed by atoms with Gasteiger partial charge in [-0.25, -0.2) is 4.79 Å². The van der Waals surface area contributed by atoms with E-state index in [2.05, 4.69) is 15.9 Å². The van der Waals surface area contributed by atoms with Gasteiger partial charge < -0.3 is 14.2 Å². The standard InChI is InChI=1S/C23H21BrO4/c24-21-17-19(23(25)28-14-13-18-7-3-1-4-8-18)11-12-22(21)27-16-15-26-20-9-5-2-6-10-20/h1-12,17H,13-16H2. The van der Waals surface area contributed by atoms with Gasteiger partial charge in [0.2, 0.25) is 0 Å². The van der Waals surface area contributed by atoms with Crippen LogP contribution in [0.3, 0.4) is 0 Å². The number of ether oxygens (including phenoxy) is 3. The van der Waals surface area contributed by atoms with Crippen molar-refractivity contribution in [2.24, 2.45) is 0 Å². The van der Waals surface area contributed by atoms with Gasteiger partial charge in [0.1, 0.15) is 24.7 Å². The van der Waals surface area contributed by atoms with Crippen LogP contribution >= 0.6 is 15.9 Å². The number of hydrogen-bond acceptors (Lipinski definition) is 4. The van der Waals surface area contributed by atoms with E-state index in [1.807, 2.05) is 60.7 Å². The predicted molar refractivity (Wildman–Crippen MR) is 112 cm³/mol. The number of carbonyl (C=O) groups is 1. The van der Waals surface area contributed by atoms with Gasteiger partial charge in [-0.05, 0) is 51.8 Å². The Hall–Kier alpha value is -2.79. The minimum Gasteiger partial charge on any atom is -0.490 e. The summed E-state index contributed by atoms with van der Waals surface area (Å²) < 4.78 is 17.4. The van der Waals surface area contributed by atoms with Crippen molar-refractivity contribution >= 4 is 21.9 Å². The maximum atomic E-state index is 12.2. The predicted octanol–water partition coefficient (Wildman–Crippen LogP) is 5.31. The molecule has 4 nitrogen and oxygen atoms in total. The van der Waals surface area contributed by atoms with Gasteiger partial charge in [0.25, 0.3) is 0 Å². The average molecular weight is 441 g/mol. The van der Waals surface area contributed by atoms with Gasteiger partial charge in [0.15, 0.2) is 0 Å². The van der Waals surface area contributed by atoms with E-state index in [9.17, 15) is 4.79 Å². The van der Waals surface area contributed by atoms with Gasteiger partial charge in [0.05, 0.1) is 16.6 Å². The van der Waals surface area contributed by atoms with Crippen LogP contribution in [0.25, 0.3) is 0 Å². The summed E-state index contributed by atoms with van der Waals surface area (Å²) in [4.78, 5) is 12.2. The summed E-state index contributed by atoms with van der Waals surface area (Å²) in [5, 5.41) is 0. The topological polar surface area (TPSA) is 44.8 Å². The second-order valence-corrected chi connectivity index (χ2v) is 6.88. The molecule has 0 aliphatic rings. The van der Waals surface area contributed by atoms with Crippen molar-refractivity contribution in [2.45, 2.75) is 6.42 Å². The van der Waals surface area contributed by atoms with Crippen molar-refractivity contribution in [1.29, 1.82) is 0 Å². The number of esters is 1. The molecule has 0 aliphatic carbocycles. The van der Waals surface area contributed by atoms with Crippen LogP contribution in [0.4, 0.5) is 0 Å². The van der Waals surface area contributed by atoms with E-state index in [1.54, 1.807) is 18.2 Å². The lowest BCUT2D eigenvalue weighted by molar-refractivity contribution is 0.0509. The lowest BCUT2D eigenvalue weighted by Crippen LogP contribution is -2.10. The molecule has 28 heavy (non-hydrogen) atoms. The third-order valence-corrected chi connectivity index (χ3v) is 4.61. The molecule has 0 saturated carbocycles. The maximum absolute atomic E-state index is 12.2. The van der Waals surface area contributed by atoms with E-state index in [0.717, 1.165) is 11.3 Å². The molecule has 0 N–H and O–H groups in total. The Balaban J connectivity index is 1.44. The molecule has 0 bridgehead atoms. The van der Waals surface area contributed by atoms with Crippen molar-refractivity contribution in [2.75, 3.05) is 19.8 Å². The van der Waals surface area contributed by atoms with Crippen molar-refractivity contribution in [3.63, 3.8) is 0 Å². The Bertz CT molecular complexity index is 882. The van der Waals surface area contributed by atoms with Crippen LogP contribution in [0.1, 0.15) is 15.9 Å². The second-order valence-electron chi connectivity index (χ2n) is 6.03. The summed E-state index contributed by atoms with van der Waals surface area (Å²) in [5.74, 6) is 1.10. The molecule has 0 aliphatic heterocycles. The number of hydrogen-bond donors (Lipinski definition) is 0. The molecule has 5 heteroatoms. The van der Waals surface area contributed by atoms with Gasteiger partial charge in [-0.2, -0.15) is 0 Å².